The van der Waals surface area contributed by atoms with Gasteiger partial charge in [0.05, 0.1) is 6.21 Å². The zero-order valence-corrected chi connectivity index (χ0v) is 12.2. The summed E-state index contributed by atoms with van der Waals surface area (Å²) in [6, 6.07) is 13.4. The average Bonchev–Trinajstić information content (AvgIpc) is 2.47. The summed E-state index contributed by atoms with van der Waals surface area (Å²) in [5.41, 5.74) is 3.03. The first kappa shape index (κ1) is 14.9. The molecular formula is C17H19NO3. The Morgan fingerprint density at radius 1 is 1.00 bits per heavy atom. The van der Waals surface area contributed by atoms with Crippen molar-refractivity contribution in [1.82, 2.24) is 0 Å². The Labute approximate surface area is 124 Å². The van der Waals surface area contributed by atoms with Gasteiger partial charge in [-0.05, 0) is 42.7 Å². The Bertz CT molecular complexity index is 603. The molecule has 2 rings (SSSR count). The molecule has 0 saturated heterocycles. The second-order valence-corrected chi connectivity index (χ2v) is 4.73. The van der Waals surface area contributed by atoms with Crippen LogP contribution in [-0.4, -0.2) is 24.6 Å². The van der Waals surface area contributed by atoms with Crippen molar-refractivity contribution in [3.05, 3.63) is 59.2 Å². The molecule has 0 aliphatic rings. The third-order valence-corrected chi connectivity index (χ3v) is 3.07. The molecule has 0 aliphatic heterocycles. The van der Waals surface area contributed by atoms with Gasteiger partial charge in [-0.1, -0.05) is 35.5 Å². The molecule has 0 bridgehead atoms. The second-order valence-electron chi connectivity index (χ2n) is 4.73. The van der Waals surface area contributed by atoms with E-state index in [1.165, 1.54) is 6.21 Å². The van der Waals surface area contributed by atoms with Crippen LogP contribution in [0.25, 0.3) is 0 Å². The van der Waals surface area contributed by atoms with Crippen molar-refractivity contribution in [2.75, 3.05) is 13.2 Å². The SMILES string of the molecule is Cc1cccc(C)c1OCCOc1cccc(C=NO)c1. The van der Waals surface area contributed by atoms with E-state index in [1.54, 1.807) is 6.07 Å². The summed E-state index contributed by atoms with van der Waals surface area (Å²) in [5, 5.41) is 11.5. The van der Waals surface area contributed by atoms with Crippen LogP contribution in [0, 0.1) is 13.8 Å². The Morgan fingerprint density at radius 3 is 2.38 bits per heavy atom. The normalized spacial score (nSPS) is 10.8. The highest BCUT2D eigenvalue weighted by molar-refractivity contribution is 5.79. The number of aryl methyl sites for hydroxylation is 2. The van der Waals surface area contributed by atoms with Crippen LogP contribution in [0.2, 0.25) is 0 Å². The predicted octanol–water partition coefficient (Wildman–Crippen LogP) is 3.57. The van der Waals surface area contributed by atoms with E-state index < -0.39 is 0 Å². The Balaban J connectivity index is 1.86. The molecule has 0 heterocycles. The van der Waals surface area contributed by atoms with Gasteiger partial charge < -0.3 is 14.7 Å². The van der Waals surface area contributed by atoms with Crippen molar-refractivity contribution in [2.45, 2.75) is 13.8 Å². The molecule has 0 saturated carbocycles. The molecule has 4 nitrogen and oxygen atoms in total. The van der Waals surface area contributed by atoms with Gasteiger partial charge in [0.1, 0.15) is 24.7 Å². The lowest BCUT2D eigenvalue weighted by molar-refractivity contribution is 0.215. The number of oxime groups is 1. The first-order valence-corrected chi connectivity index (χ1v) is 6.80. The highest BCUT2D eigenvalue weighted by Gasteiger charge is 2.03. The molecule has 0 unspecified atom stereocenters. The maximum Gasteiger partial charge on any atom is 0.125 e. The summed E-state index contributed by atoms with van der Waals surface area (Å²) >= 11 is 0. The van der Waals surface area contributed by atoms with E-state index in [9.17, 15) is 0 Å². The summed E-state index contributed by atoms with van der Waals surface area (Å²) < 4.78 is 11.4. The van der Waals surface area contributed by atoms with Crippen molar-refractivity contribution in [1.29, 1.82) is 0 Å². The lowest BCUT2D eigenvalue weighted by Crippen LogP contribution is -2.10. The quantitative estimate of drug-likeness (QED) is 0.382. The van der Waals surface area contributed by atoms with Crippen molar-refractivity contribution in [2.24, 2.45) is 5.16 Å². The van der Waals surface area contributed by atoms with Gasteiger partial charge in [-0.3, -0.25) is 0 Å². The minimum Gasteiger partial charge on any atom is -0.490 e. The fourth-order valence-corrected chi connectivity index (χ4v) is 2.08. The van der Waals surface area contributed by atoms with Crippen molar-refractivity contribution in [3.63, 3.8) is 0 Å². The van der Waals surface area contributed by atoms with Crippen molar-refractivity contribution < 1.29 is 14.7 Å². The van der Waals surface area contributed by atoms with Crippen LogP contribution < -0.4 is 9.47 Å². The number of rotatable bonds is 6. The van der Waals surface area contributed by atoms with Crippen molar-refractivity contribution >= 4 is 6.21 Å². The number of nitrogens with zero attached hydrogens (tertiary/aromatic N) is 1. The van der Waals surface area contributed by atoms with Gasteiger partial charge in [-0.25, -0.2) is 0 Å². The first-order valence-electron chi connectivity index (χ1n) is 6.80. The van der Waals surface area contributed by atoms with E-state index in [2.05, 4.69) is 5.16 Å². The molecule has 1 N–H and O–H groups in total. The monoisotopic (exact) mass is 285 g/mol. The van der Waals surface area contributed by atoms with Gasteiger partial charge in [-0.2, -0.15) is 0 Å². The Morgan fingerprint density at radius 2 is 1.67 bits per heavy atom. The van der Waals surface area contributed by atoms with Crippen LogP contribution in [0.4, 0.5) is 0 Å². The molecule has 2 aromatic rings. The minimum atomic E-state index is 0.452. The molecule has 0 radical (unpaired) electrons. The van der Waals surface area contributed by atoms with Crippen LogP contribution in [0.15, 0.2) is 47.6 Å². The smallest absolute Gasteiger partial charge is 0.125 e. The van der Waals surface area contributed by atoms with Gasteiger partial charge in [0.2, 0.25) is 0 Å². The molecule has 110 valence electrons. The number of benzene rings is 2. The minimum absolute atomic E-state index is 0.452. The van der Waals surface area contributed by atoms with Gasteiger partial charge in [-0.15, -0.1) is 0 Å². The predicted molar refractivity (Wildman–Crippen MR) is 82.7 cm³/mol. The van der Waals surface area contributed by atoms with E-state index in [1.807, 2.05) is 50.2 Å². The van der Waals surface area contributed by atoms with Crippen LogP contribution in [0.5, 0.6) is 11.5 Å². The summed E-state index contributed by atoms with van der Waals surface area (Å²) in [5.74, 6) is 1.64. The Kier molecular flexibility index (Phi) is 5.21. The zero-order chi connectivity index (χ0) is 15.1. The third-order valence-electron chi connectivity index (χ3n) is 3.07. The number of para-hydroxylation sites is 1. The fraction of sp³-hybridized carbons (Fsp3) is 0.235. The van der Waals surface area contributed by atoms with Crippen LogP contribution >= 0.6 is 0 Å². The van der Waals surface area contributed by atoms with Gasteiger partial charge in [0, 0.05) is 0 Å². The van der Waals surface area contributed by atoms with Gasteiger partial charge >= 0.3 is 0 Å². The maximum atomic E-state index is 8.51. The molecule has 0 fully saturated rings. The topological polar surface area (TPSA) is 51.0 Å². The van der Waals surface area contributed by atoms with E-state index in [0.717, 1.165) is 28.2 Å². The highest BCUT2D eigenvalue weighted by atomic mass is 16.5. The van der Waals surface area contributed by atoms with Crippen molar-refractivity contribution in [3.8, 4) is 11.5 Å². The van der Waals surface area contributed by atoms with Gasteiger partial charge in [0.25, 0.3) is 0 Å². The molecule has 21 heavy (non-hydrogen) atoms. The summed E-state index contributed by atoms with van der Waals surface area (Å²) in [4.78, 5) is 0. The molecule has 0 atom stereocenters. The van der Waals surface area contributed by atoms with Gasteiger partial charge in [0.15, 0.2) is 0 Å². The summed E-state index contributed by atoms with van der Waals surface area (Å²) in [6.45, 7) is 4.99. The van der Waals surface area contributed by atoms with Crippen LogP contribution in [0.3, 0.4) is 0 Å². The third kappa shape index (κ3) is 4.24. The molecule has 0 aliphatic carbocycles. The number of hydrogen-bond donors (Lipinski definition) is 1. The van der Waals surface area contributed by atoms with E-state index in [-0.39, 0.29) is 0 Å². The average molecular weight is 285 g/mol. The lowest BCUT2D eigenvalue weighted by atomic mass is 10.1. The molecular weight excluding hydrogens is 266 g/mol. The Hall–Kier alpha value is -2.49. The molecule has 0 spiro atoms. The van der Waals surface area contributed by atoms with E-state index in [0.29, 0.717) is 13.2 Å². The number of hydrogen-bond acceptors (Lipinski definition) is 4. The van der Waals surface area contributed by atoms with Crippen LogP contribution in [-0.2, 0) is 0 Å². The maximum absolute atomic E-state index is 8.51. The first-order chi connectivity index (χ1) is 10.2. The molecule has 0 amide bonds. The lowest BCUT2D eigenvalue weighted by Gasteiger charge is -2.12. The molecule has 4 heteroatoms. The van der Waals surface area contributed by atoms with Crippen LogP contribution in [0.1, 0.15) is 16.7 Å². The molecule has 2 aromatic carbocycles. The van der Waals surface area contributed by atoms with E-state index in [4.69, 9.17) is 14.7 Å². The van der Waals surface area contributed by atoms with E-state index >= 15 is 0 Å². The fourth-order valence-electron chi connectivity index (χ4n) is 2.08. The number of ether oxygens (including phenoxy) is 2. The summed E-state index contributed by atoms with van der Waals surface area (Å²) in [6.07, 6.45) is 1.36. The highest BCUT2D eigenvalue weighted by Crippen LogP contribution is 2.22. The largest absolute Gasteiger partial charge is 0.490 e. The second kappa shape index (κ2) is 7.33. The molecule has 0 aromatic heterocycles. The zero-order valence-electron chi connectivity index (χ0n) is 12.2. The summed E-state index contributed by atoms with van der Waals surface area (Å²) in [7, 11) is 0. The standard InChI is InChI=1S/C17H19NO3/c1-13-5-3-6-14(2)17(13)21-10-9-20-16-8-4-7-15(11-16)12-18-19/h3-8,11-12,19H,9-10H2,1-2H3.